The van der Waals surface area contributed by atoms with Crippen molar-refractivity contribution in [3.63, 3.8) is 0 Å². The molecule has 0 aliphatic heterocycles. The Morgan fingerprint density at radius 3 is 2.29 bits per heavy atom. The van der Waals surface area contributed by atoms with Crippen LogP contribution >= 0.6 is 9.47 Å². The van der Waals surface area contributed by atoms with Gasteiger partial charge in [-0.2, -0.15) is 0 Å². The molecular weight excluding hydrogens is 295 g/mol. The smallest absolute Gasteiger partial charge is 0.350 e. The molecule has 7 heteroatoms. The van der Waals surface area contributed by atoms with E-state index in [9.17, 15) is 14.4 Å². The number of carbonyl (C=O) groups excluding carboxylic acids is 3. The molecular formula is C14H17O6P. The van der Waals surface area contributed by atoms with Gasteiger partial charge in [0.2, 0.25) is 6.10 Å². The SMILES string of the molecule is CC(=O)O[C@@H](CC(=O)O[C@H](C)c1ccccc1)C(=O)OP. The van der Waals surface area contributed by atoms with Crippen LogP contribution < -0.4 is 0 Å². The van der Waals surface area contributed by atoms with E-state index >= 15 is 0 Å². The summed E-state index contributed by atoms with van der Waals surface area (Å²) in [5.41, 5.74) is 0.823. The summed E-state index contributed by atoms with van der Waals surface area (Å²) >= 11 is 0. The summed E-state index contributed by atoms with van der Waals surface area (Å²) in [4.78, 5) is 34.1. The molecule has 0 aliphatic rings. The van der Waals surface area contributed by atoms with Gasteiger partial charge in [-0.15, -0.1) is 0 Å². The molecule has 0 bridgehead atoms. The Bertz CT molecular complexity index is 501. The summed E-state index contributed by atoms with van der Waals surface area (Å²) in [6, 6.07) is 9.14. The topological polar surface area (TPSA) is 78.9 Å². The first-order valence-electron chi connectivity index (χ1n) is 6.26. The zero-order chi connectivity index (χ0) is 15.8. The average molecular weight is 312 g/mol. The molecule has 0 fully saturated rings. The summed E-state index contributed by atoms with van der Waals surface area (Å²) in [7, 11) is 1.75. The van der Waals surface area contributed by atoms with Gasteiger partial charge in [-0.3, -0.25) is 9.59 Å². The molecule has 114 valence electrons. The van der Waals surface area contributed by atoms with E-state index in [1.807, 2.05) is 30.3 Å². The van der Waals surface area contributed by atoms with Crippen LogP contribution in [0.3, 0.4) is 0 Å². The van der Waals surface area contributed by atoms with Gasteiger partial charge in [0, 0.05) is 6.92 Å². The van der Waals surface area contributed by atoms with Gasteiger partial charge in [-0.25, -0.2) is 4.79 Å². The van der Waals surface area contributed by atoms with Crippen LogP contribution in [0.15, 0.2) is 30.3 Å². The van der Waals surface area contributed by atoms with Crippen molar-refractivity contribution in [1.29, 1.82) is 0 Å². The van der Waals surface area contributed by atoms with Crippen molar-refractivity contribution in [3.05, 3.63) is 35.9 Å². The van der Waals surface area contributed by atoms with Crippen molar-refractivity contribution < 1.29 is 28.4 Å². The second-order valence-electron chi connectivity index (χ2n) is 4.28. The largest absolute Gasteiger partial charge is 0.458 e. The number of rotatable bonds is 6. The summed E-state index contributed by atoms with van der Waals surface area (Å²) in [6.07, 6.45) is -2.18. The number of hydrogen-bond acceptors (Lipinski definition) is 6. The van der Waals surface area contributed by atoms with Crippen LogP contribution in [-0.4, -0.2) is 24.0 Å². The van der Waals surface area contributed by atoms with E-state index in [0.717, 1.165) is 12.5 Å². The minimum atomic E-state index is -1.31. The molecule has 0 heterocycles. The molecule has 3 atom stereocenters. The fourth-order valence-electron chi connectivity index (χ4n) is 1.64. The first-order valence-corrected chi connectivity index (χ1v) is 6.73. The lowest BCUT2D eigenvalue weighted by atomic mass is 10.1. The first-order chi connectivity index (χ1) is 9.93. The summed E-state index contributed by atoms with van der Waals surface area (Å²) in [6.45, 7) is 2.85. The molecule has 1 aromatic carbocycles. The van der Waals surface area contributed by atoms with Crippen LogP contribution in [0.25, 0.3) is 0 Å². The molecule has 1 aromatic rings. The molecule has 0 radical (unpaired) electrons. The van der Waals surface area contributed by atoms with Crippen LogP contribution in [0.2, 0.25) is 0 Å². The summed E-state index contributed by atoms with van der Waals surface area (Å²) < 4.78 is 14.3. The normalized spacial score (nSPS) is 12.9. The Kier molecular flexibility index (Phi) is 6.82. The fraction of sp³-hybridized carbons (Fsp3) is 0.357. The van der Waals surface area contributed by atoms with Crippen molar-refractivity contribution in [3.8, 4) is 0 Å². The Labute approximate surface area is 125 Å². The molecule has 6 nitrogen and oxygen atoms in total. The van der Waals surface area contributed by atoms with E-state index in [0.29, 0.717) is 0 Å². The van der Waals surface area contributed by atoms with Crippen molar-refractivity contribution in [2.45, 2.75) is 32.5 Å². The maximum atomic E-state index is 11.8. The molecule has 1 unspecified atom stereocenters. The Balaban J connectivity index is 2.61. The Hall–Kier alpha value is -1.94. The number of hydrogen-bond donors (Lipinski definition) is 0. The number of esters is 2. The van der Waals surface area contributed by atoms with Crippen LogP contribution in [0.1, 0.15) is 31.9 Å². The number of benzene rings is 1. The number of ether oxygens (including phenoxy) is 2. The van der Waals surface area contributed by atoms with E-state index in [1.54, 1.807) is 16.4 Å². The third kappa shape index (κ3) is 5.92. The van der Waals surface area contributed by atoms with Crippen LogP contribution in [0, 0.1) is 0 Å². The molecule has 0 saturated carbocycles. The highest BCUT2D eigenvalue weighted by Gasteiger charge is 2.27. The highest BCUT2D eigenvalue weighted by atomic mass is 31.0. The van der Waals surface area contributed by atoms with Gasteiger partial charge >= 0.3 is 17.9 Å². The molecule has 0 amide bonds. The number of carbonyl (C=O) groups is 3. The highest BCUT2D eigenvalue weighted by Crippen LogP contribution is 2.17. The summed E-state index contributed by atoms with van der Waals surface area (Å²) in [5, 5.41) is 0. The zero-order valence-corrected chi connectivity index (χ0v) is 12.9. The van der Waals surface area contributed by atoms with Gasteiger partial charge in [-0.1, -0.05) is 30.3 Å². The lowest BCUT2D eigenvalue weighted by molar-refractivity contribution is -0.166. The quantitative estimate of drug-likeness (QED) is 0.590. The lowest BCUT2D eigenvalue weighted by Crippen LogP contribution is -2.30. The minimum Gasteiger partial charge on any atom is -0.458 e. The Morgan fingerprint density at radius 2 is 1.76 bits per heavy atom. The van der Waals surface area contributed by atoms with E-state index in [4.69, 9.17) is 9.47 Å². The fourth-order valence-corrected chi connectivity index (χ4v) is 1.79. The zero-order valence-electron chi connectivity index (χ0n) is 11.8. The van der Waals surface area contributed by atoms with E-state index in [2.05, 4.69) is 4.52 Å². The first kappa shape index (κ1) is 17.1. The van der Waals surface area contributed by atoms with E-state index in [-0.39, 0.29) is 0 Å². The van der Waals surface area contributed by atoms with Gasteiger partial charge in [0.15, 0.2) is 0 Å². The van der Waals surface area contributed by atoms with Gasteiger partial charge in [0.1, 0.15) is 6.10 Å². The van der Waals surface area contributed by atoms with Crippen molar-refractivity contribution >= 4 is 27.4 Å². The van der Waals surface area contributed by atoms with E-state index in [1.165, 1.54) is 0 Å². The predicted octanol–water partition coefficient (Wildman–Crippen LogP) is 1.95. The third-order valence-electron chi connectivity index (χ3n) is 2.62. The summed E-state index contributed by atoms with van der Waals surface area (Å²) in [5.74, 6) is -2.17. The minimum absolute atomic E-state index is 0.399. The van der Waals surface area contributed by atoms with Crippen LogP contribution in [0.5, 0.6) is 0 Å². The molecule has 21 heavy (non-hydrogen) atoms. The molecule has 0 aliphatic carbocycles. The average Bonchev–Trinajstić information content (AvgIpc) is 2.46. The van der Waals surface area contributed by atoms with Gasteiger partial charge in [0.25, 0.3) is 0 Å². The van der Waals surface area contributed by atoms with Crippen molar-refractivity contribution in [2.75, 3.05) is 0 Å². The van der Waals surface area contributed by atoms with Gasteiger partial charge in [-0.05, 0) is 12.5 Å². The molecule has 0 N–H and O–H groups in total. The monoisotopic (exact) mass is 312 g/mol. The second kappa shape index (κ2) is 8.37. The predicted molar refractivity (Wildman–Crippen MR) is 76.9 cm³/mol. The second-order valence-corrected chi connectivity index (χ2v) is 4.52. The van der Waals surface area contributed by atoms with Crippen molar-refractivity contribution in [1.82, 2.24) is 0 Å². The van der Waals surface area contributed by atoms with Gasteiger partial charge < -0.3 is 14.0 Å². The van der Waals surface area contributed by atoms with Crippen molar-refractivity contribution in [2.24, 2.45) is 0 Å². The van der Waals surface area contributed by atoms with Gasteiger partial charge in [0.05, 0.1) is 15.9 Å². The van der Waals surface area contributed by atoms with E-state index < -0.39 is 36.5 Å². The highest BCUT2D eigenvalue weighted by molar-refractivity contribution is 7.10. The molecule has 1 rings (SSSR count). The molecule has 0 saturated heterocycles. The van der Waals surface area contributed by atoms with Crippen LogP contribution in [-0.2, 0) is 28.4 Å². The standard InChI is InChI=1S/C14H17O6P/c1-9(11-6-4-3-5-7-11)18-13(16)8-12(14(17)20-21)19-10(2)15/h3-7,9,12H,8,21H2,1-2H3/t9-,12+/m1/s1. The molecule has 0 aromatic heterocycles. The maximum Gasteiger partial charge on any atom is 0.350 e. The third-order valence-corrected chi connectivity index (χ3v) is 2.85. The van der Waals surface area contributed by atoms with Crippen LogP contribution in [0.4, 0.5) is 0 Å². The molecule has 0 spiro atoms. The lowest BCUT2D eigenvalue weighted by Gasteiger charge is -2.17. The maximum absolute atomic E-state index is 11.8. The Morgan fingerprint density at radius 1 is 1.14 bits per heavy atom.